The molecule has 0 unspecified atom stereocenters. The Kier molecular flexibility index (Phi) is 3.39. The Morgan fingerprint density at radius 3 is 2.57 bits per heavy atom. The lowest BCUT2D eigenvalue weighted by Gasteiger charge is -2.07. The number of nitrogens with zero attached hydrogens (tertiary/aromatic N) is 3. The van der Waals surface area contributed by atoms with Gasteiger partial charge in [-0.3, -0.25) is 0 Å². The summed E-state index contributed by atoms with van der Waals surface area (Å²) in [7, 11) is 0. The topological polar surface area (TPSA) is 38.7 Å². The maximum atomic E-state index is 4.83. The van der Waals surface area contributed by atoms with E-state index in [1.54, 1.807) is 11.3 Å². The molecule has 0 aliphatic carbocycles. The van der Waals surface area contributed by atoms with Crippen LogP contribution in [0.25, 0.3) is 33.0 Å². The summed E-state index contributed by atoms with van der Waals surface area (Å²) in [6.07, 6.45) is 0. The minimum atomic E-state index is 0.681. The van der Waals surface area contributed by atoms with Crippen LogP contribution in [0.1, 0.15) is 11.3 Å². The molecule has 0 atom stereocenters. The lowest BCUT2D eigenvalue weighted by molar-refractivity contribution is 1.14. The zero-order valence-corrected chi connectivity index (χ0v) is 13.8. The van der Waals surface area contributed by atoms with Crippen molar-refractivity contribution in [3.05, 3.63) is 65.2 Å². The number of hydrogen-bond acceptors (Lipinski definition) is 4. The molecule has 1 aromatic carbocycles. The van der Waals surface area contributed by atoms with Crippen LogP contribution in [0.15, 0.2) is 53.9 Å². The van der Waals surface area contributed by atoms with E-state index < -0.39 is 0 Å². The Bertz CT molecular complexity index is 1000. The summed E-state index contributed by atoms with van der Waals surface area (Å²) in [5, 5.41) is 3.16. The van der Waals surface area contributed by atoms with Crippen LogP contribution in [0, 0.1) is 13.8 Å². The van der Waals surface area contributed by atoms with Crippen molar-refractivity contribution in [1.29, 1.82) is 0 Å². The molecule has 4 rings (SSSR count). The van der Waals surface area contributed by atoms with Crippen LogP contribution in [0.5, 0.6) is 0 Å². The third-order valence-corrected chi connectivity index (χ3v) is 4.54. The molecular weight excluding hydrogens is 302 g/mol. The van der Waals surface area contributed by atoms with Crippen molar-refractivity contribution < 1.29 is 0 Å². The van der Waals surface area contributed by atoms with Gasteiger partial charge < -0.3 is 0 Å². The average Bonchev–Trinajstić information content (AvgIpc) is 3.02. The van der Waals surface area contributed by atoms with Crippen molar-refractivity contribution in [1.82, 2.24) is 15.0 Å². The lowest BCUT2D eigenvalue weighted by atomic mass is 10.1. The van der Waals surface area contributed by atoms with Gasteiger partial charge in [0.2, 0.25) is 0 Å². The highest BCUT2D eigenvalue weighted by molar-refractivity contribution is 7.16. The summed E-state index contributed by atoms with van der Waals surface area (Å²) in [4.78, 5) is 15.1. The second kappa shape index (κ2) is 5.56. The van der Waals surface area contributed by atoms with E-state index in [-0.39, 0.29) is 0 Å². The first-order chi connectivity index (χ1) is 11.2. The maximum absolute atomic E-state index is 4.83. The Hall–Kier alpha value is -2.59. The Morgan fingerprint density at radius 2 is 1.74 bits per heavy atom. The van der Waals surface area contributed by atoms with Crippen molar-refractivity contribution in [2.75, 3.05) is 0 Å². The summed E-state index contributed by atoms with van der Waals surface area (Å²) >= 11 is 1.63. The van der Waals surface area contributed by atoms with Crippen molar-refractivity contribution in [2.24, 2.45) is 0 Å². The molecule has 3 aromatic heterocycles. The molecule has 4 aromatic rings. The van der Waals surface area contributed by atoms with E-state index in [1.165, 1.54) is 5.56 Å². The third kappa shape index (κ3) is 2.62. The number of rotatable bonds is 2. The van der Waals surface area contributed by atoms with Gasteiger partial charge in [0.25, 0.3) is 0 Å². The zero-order valence-electron chi connectivity index (χ0n) is 12.9. The van der Waals surface area contributed by atoms with E-state index in [2.05, 4.69) is 47.6 Å². The largest absolute Gasteiger partial charge is 0.250 e. The zero-order chi connectivity index (χ0) is 15.8. The maximum Gasteiger partial charge on any atom is 0.180 e. The molecule has 0 saturated heterocycles. The van der Waals surface area contributed by atoms with Crippen molar-refractivity contribution in [2.45, 2.75) is 13.8 Å². The number of aryl methyl sites for hydroxylation is 2. The first-order valence-electron chi connectivity index (χ1n) is 7.47. The summed E-state index contributed by atoms with van der Waals surface area (Å²) in [6.45, 7) is 4.08. The van der Waals surface area contributed by atoms with Gasteiger partial charge in [-0.15, -0.1) is 11.3 Å². The predicted octanol–water partition coefficient (Wildman–Crippen LogP) is 5.04. The normalized spacial score (nSPS) is 11.0. The van der Waals surface area contributed by atoms with Crippen LogP contribution in [-0.4, -0.2) is 15.0 Å². The van der Waals surface area contributed by atoms with Crippen LogP contribution in [0.2, 0.25) is 0 Å². The summed E-state index contributed by atoms with van der Waals surface area (Å²) < 4.78 is 0. The molecule has 3 heterocycles. The first kappa shape index (κ1) is 14.0. The Labute approximate surface area is 138 Å². The Balaban J connectivity index is 1.98. The molecule has 0 N–H and O–H groups in total. The van der Waals surface area contributed by atoms with E-state index in [9.17, 15) is 0 Å². The van der Waals surface area contributed by atoms with Gasteiger partial charge in [0.05, 0.1) is 5.69 Å². The fourth-order valence-electron chi connectivity index (χ4n) is 2.65. The van der Waals surface area contributed by atoms with Gasteiger partial charge in [-0.25, -0.2) is 15.0 Å². The highest BCUT2D eigenvalue weighted by Gasteiger charge is 2.13. The van der Waals surface area contributed by atoms with Crippen LogP contribution in [0.3, 0.4) is 0 Å². The molecular formula is C19H15N3S. The highest BCUT2D eigenvalue weighted by atomic mass is 32.1. The molecule has 0 spiro atoms. The summed E-state index contributed by atoms with van der Waals surface area (Å²) in [5.74, 6) is 0.681. The van der Waals surface area contributed by atoms with E-state index in [0.717, 1.165) is 32.9 Å². The van der Waals surface area contributed by atoms with Gasteiger partial charge in [0.1, 0.15) is 10.5 Å². The molecule has 0 bridgehead atoms. The number of hydrogen-bond donors (Lipinski definition) is 0. The van der Waals surface area contributed by atoms with Crippen LogP contribution in [-0.2, 0) is 0 Å². The number of fused-ring (bicyclic) bond motifs is 1. The smallest absolute Gasteiger partial charge is 0.180 e. The molecule has 0 aliphatic heterocycles. The standard InChI is InChI=1S/C19H15N3S/c1-12-5-3-7-14(11-12)17-15-9-10-23-19(15)22-18(21-17)16-8-4-6-13(2)20-16/h3-11H,1-2H3. The summed E-state index contributed by atoms with van der Waals surface area (Å²) in [6, 6.07) is 16.4. The fourth-order valence-corrected chi connectivity index (χ4v) is 3.41. The molecule has 3 nitrogen and oxygen atoms in total. The van der Waals surface area contributed by atoms with E-state index in [0.29, 0.717) is 5.82 Å². The van der Waals surface area contributed by atoms with Crippen molar-refractivity contribution in [3.63, 3.8) is 0 Å². The molecule has 112 valence electrons. The molecule has 23 heavy (non-hydrogen) atoms. The quantitative estimate of drug-likeness (QED) is 0.520. The van der Waals surface area contributed by atoms with E-state index >= 15 is 0 Å². The van der Waals surface area contributed by atoms with Crippen molar-refractivity contribution >= 4 is 21.6 Å². The minimum absolute atomic E-state index is 0.681. The van der Waals surface area contributed by atoms with Crippen LogP contribution < -0.4 is 0 Å². The van der Waals surface area contributed by atoms with Gasteiger partial charge in [0.15, 0.2) is 5.82 Å². The molecule has 4 heteroatoms. The lowest BCUT2D eigenvalue weighted by Crippen LogP contribution is -1.96. The monoisotopic (exact) mass is 317 g/mol. The molecule has 0 radical (unpaired) electrons. The fraction of sp³-hybridized carbons (Fsp3) is 0.105. The second-order valence-corrected chi connectivity index (χ2v) is 6.46. The summed E-state index contributed by atoms with van der Waals surface area (Å²) in [5.41, 5.74) is 5.09. The number of pyridine rings is 1. The van der Waals surface area contributed by atoms with Gasteiger partial charge >= 0.3 is 0 Å². The van der Waals surface area contributed by atoms with E-state index in [1.807, 2.05) is 25.1 Å². The van der Waals surface area contributed by atoms with Gasteiger partial charge in [-0.1, -0.05) is 29.8 Å². The third-order valence-electron chi connectivity index (χ3n) is 3.73. The Morgan fingerprint density at radius 1 is 0.870 bits per heavy atom. The first-order valence-corrected chi connectivity index (χ1v) is 8.35. The minimum Gasteiger partial charge on any atom is -0.250 e. The van der Waals surface area contributed by atoms with Gasteiger partial charge in [-0.05, 0) is 43.5 Å². The predicted molar refractivity (Wildman–Crippen MR) is 95.6 cm³/mol. The van der Waals surface area contributed by atoms with Crippen LogP contribution >= 0.6 is 11.3 Å². The molecule has 0 aliphatic rings. The van der Waals surface area contributed by atoms with Gasteiger partial charge in [0, 0.05) is 16.6 Å². The molecule has 0 fully saturated rings. The number of thiophene rings is 1. The van der Waals surface area contributed by atoms with Crippen molar-refractivity contribution in [3.8, 4) is 22.8 Å². The highest BCUT2D eigenvalue weighted by Crippen LogP contribution is 2.31. The van der Waals surface area contributed by atoms with E-state index in [4.69, 9.17) is 9.97 Å². The average molecular weight is 317 g/mol. The number of benzene rings is 1. The second-order valence-electron chi connectivity index (χ2n) is 5.57. The van der Waals surface area contributed by atoms with Gasteiger partial charge in [-0.2, -0.15) is 0 Å². The molecule has 0 amide bonds. The van der Waals surface area contributed by atoms with Crippen LogP contribution in [0.4, 0.5) is 0 Å². The number of aromatic nitrogens is 3. The SMILES string of the molecule is Cc1cccc(-c2nc(-c3cccc(C)n3)nc3sccc23)c1. The molecule has 0 saturated carbocycles.